The van der Waals surface area contributed by atoms with Gasteiger partial charge in [-0.15, -0.1) is 0 Å². The van der Waals surface area contributed by atoms with E-state index < -0.39 is 0 Å². The molecule has 1 aliphatic rings. The fourth-order valence-electron chi connectivity index (χ4n) is 1.56. The van der Waals surface area contributed by atoms with E-state index in [1.807, 2.05) is 0 Å². The van der Waals surface area contributed by atoms with Crippen LogP contribution in [0.3, 0.4) is 0 Å². The third-order valence-electron chi connectivity index (χ3n) is 2.31. The van der Waals surface area contributed by atoms with Crippen molar-refractivity contribution < 1.29 is 9.21 Å². The molecule has 2 heterocycles. The van der Waals surface area contributed by atoms with Gasteiger partial charge in [0.25, 0.3) is 5.89 Å². The Labute approximate surface area is 81.9 Å². The maximum atomic E-state index is 11.7. The highest BCUT2D eigenvalue weighted by molar-refractivity contribution is 5.89. The highest BCUT2D eigenvalue weighted by atomic mass is 16.4. The number of likely N-dealkylation sites (tertiary alicyclic amines) is 1. The first-order valence-corrected chi connectivity index (χ1v) is 4.64. The summed E-state index contributed by atoms with van der Waals surface area (Å²) < 4.78 is 5.03. The Bertz CT molecular complexity index is 348. The summed E-state index contributed by atoms with van der Waals surface area (Å²) in [4.78, 5) is 17.4. The van der Waals surface area contributed by atoms with Crippen LogP contribution in [0, 0.1) is 6.92 Å². The molecule has 0 radical (unpaired) electrons. The monoisotopic (exact) mass is 195 g/mol. The molecule has 5 nitrogen and oxygen atoms in total. The largest absolute Gasteiger partial charge is 0.441 e. The van der Waals surface area contributed by atoms with Crippen molar-refractivity contribution in [1.82, 2.24) is 9.88 Å². The number of oxazole rings is 1. The fraction of sp³-hybridized carbons (Fsp3) is 0.556. The van der Waals surface area contributed by atoms with Crippen molar-refractivity contribution in [3.05, 3.63) is 17.8 Å². The molecule has 14 heavy (non-hydrogen) atoms. The van der Waals surface area contributed by atoms with Crippen molar-refractivity contribution in [2.45, 2.75) is 19.4 Å². The predicted octanol–water partition coefficient (Wildman–Crippen LogP) is 0.156. The standard InChI is InChI=1S/C9H13N3O2/c1-6-5-14-8(11-6)9(13)12-3-2-7(10)4-12/h5,7H,2-4,10H2,1H3. The van der Waals surface area contributed by atoms with Gasteiger partial charge < -0.3 is 15.1 Å². The van der Waals surface area contributed by atoms with E-state index >= 15 is 0 Å². The first-order chi connectivity index (χ1) is 6.66. The van der Waals surface area contributed by atoms with E-state index in [-0.39, 0.29) is 17.8 Å². The number of nitrogens with zero attached hydrogens (tertiary/aromatic N) is 2. The number of aryl methyl sites for hydroxylation is 1. The van der Waals surface area contributed by atoms with Crippen molar-refractivity contribution in [2.24, 2.45) is 5.73 Å². The maximum Gasteiger partial charge on any atom is 0.309 e. The van der Waals surface area contributed by atoms with Gasteiger partial charge in [-0.1, -0.05) is 0 Å². The van der Waals surface area contributed by atoms with Crippen LogP contribution < -0.4 is 5.73 Å². The minimum Gasteiger partial charge on any atom is -0.441 e. The Kier molecular flexibility index (Phi) is 2.25. The van der Waals surface area contributed by atoms with Crippen LogP contribution in [0.25, 0.3) is 0 Å². The molecule has 1 unspecified atom stereocenters. The Morgan fingerprint density at radius 1 is 1.79 bits per heavy atom. The van der Waals surface area contributed by atoms with E-state index in [0.29, 0.717) is 13.1 Å². The van der Waals surface area contributed by atoms with E-state index in [1.54, 1.807) is 11.8 Å². The first kappa shape index (κ1) is 9.21. The summed E-state index contributed by atoms with van der Waals surface area (Å²) in [5.41, 5.74) is 6.42. The van der Waals surface area contributed by atoms with E-state index in [0.717, 1.165) is 12.1 Å². The molecule has 0 spiro atoms. The summed E-state index contributed by atoms with van der Waals surface area (Å²) in [6, 6.07) is 0.0926. The molecule has 0 saturated carbocycles. The van der Waals surface area contributed by atoms with Gasteiger partial charge in [0, 0.05) is 19.1 Å². The molecule has 0 bridgehead atoms. The van der Waals surface area contributed by atoms with Gasteiger partial charge in [-0.05, 0) is 13.3 Å². The van der Waals surface area contributed by atoms with Crippen molar-refractivity contribution in [2.75, 3.05) is 13.1 Å². The lowest BCUT2D eigenvalue weighted by Crippen LogP contribution is -2.32. The van der Waals surface area contributed by atoms with Gasteiger partial charge in [-0.3, -0.25) is 4.79 Å². The molecule has 0 aliphatic carbocycles. The van der Waals surface area contributed by atoms with Gasteiger partial charge in [0.2, 0.25) is 0 Å². The molecule has 1 aromatic rings. The zero-order valence-electron chi connectivity index (χ0n) is 8.06. The lowest BCUT2D eigenvalue weighted by Gasteiger charge is -2.12. The van der Waals surface area contributed by atoms with Crippen LogP contribution in [0.4, 0.5) is 0 Å². The van der Waals surface area contributed by atoms with Crippen molar-refractivity contribution in [1.29, 1.82) is 0 Å². The molecule has 0 aromatic carbocycles. The van der Waals surface area contributed by atoms with Crippen LogP contribution in [-0.2, 0) is 0 Å². The Morgan fingerprint density at radius 3 is 3.07 bits per heavy atom. The lowest BCUT2D eigenvalue weighted by molar-refractivity contribution is 0.0751. The zero-order valence-corrected chi connectivity index (χ0v) is 8.06. The summed E-state index contributed by atoms with van der Waals surface area (Å²) in [6.07, 6.45) is 2.33. The van der Waals surface area contributed by atoms with Gasteiger partial charge in [-0.2, -0.15) is 0 Å². The van der Waals surface area contributed by atoms with Gasteiger partial charge in [0.05, 0.1) is 5.69 Å². The molecule has 1 amide bonds. The van der Waals surface area contributed by atoms with Crippen molar-refractivity contribution in [3.8, 4) is 0 Å². The van der Waals surface area contributed by atoms with E-state index in [4.69, 9.17) is 10.2 Å². The fourth-order valence-corrected chi connectivity index (χ4v) is 1.56. The highest BCUT2D eigenvalue weighted by Gasteiger charge is 2.27. The van der Waals surface area contributed by atoms with Crippen molar-refractivity contribution in [3.63, 3.8) is 0 Å². The second kappa shape index (κ2) is 3.42. The number of hydrogen-bond donors (Lipinski definition) is 1. The third kappa shape index (κ3) is 1.63. The number of hydrogen-bond acceptors (Lipinski definition) is 4. The smallest absolute Gasteiger partial charge is 0.309 e. The van der Waals surface area contributed by atoms with Crippen LogP contribution in [0.2, 0.25) is 0 Å². The second-order valence-corrected chi connectivity index (χ2v) is 3.59. The second-order valence-electron chi connectivity index (χ2n) is 3.59. The summed E-state index contributed by atoms with van der Waals surface area (Å²) in [5, 5.41) is 0. The molecule has 5 heteroatoms. The number of rotatable bonds is 1. The number of carbonyl (C=O) groups is 1. The van der Waals surface area contributed by atoms with Gasteiger partial charge in [-0.25, -0.2) is 4.98 Å². The quantitative estimate of drug-likeness (QED) is 0.692. The average Bonchev–Trinajstić information content (AvgIpc) is 2.73. The van der Waals surface area contributed by atoms with Gasteiger partial charge in [0.1, 0.15) is 6.26 Å². The SMILES string of the molecule is Cc1coc(C(=O)N2CCC(N)C2)n1. The van der Waals surface area contributed by atoms with Crippen LogP contribution in [0.1, 0.15) is 22.8 Å². The van der Waals surface area contributed by atoms with E-state index in [2.05, 4.69) is 4.98 Å². The van der Waals surface area contributed by atoms with Gasteiger partial charge >= 0.3 is 5.91 Å². The van der Waals surface area contributed by atoms with E-state index in [1.165, 1.54) is 6.26 Å². The molecule has 76 valence electrons. The Balaban J connectivity index is 2.09. The summed E-state index contributed by atoms with van der Waals surface area (Å²) in [7, 11) is 0. The van der Waals surface area contributed by atoms with E-state index in [9.17, 15) is 4.79 Å². The highest BCUT2D eigenvalue weighted by Crippen LogP contribution is 2.11. The van der Waals surface area contributed by atoms with Crippen LogP contribution in [0.15, 0.2) is 10.7 Å². The number of amides is 1. The maximum absolute atomic E-state index is 11.7. The van der Waals surface area contributed by atoms with Crippen LogP contribution >= 0.6 is 0 Å². The first-order valence-electron chi connectivity index (χ1n) is 4.64. The molecule has 1 atom stereocenters. The molecule has 2 N–H and O–H groups in total. The number of nitrogens with two attached hydrogens (primary N) is 1. The molecule has 1 fully saturated rings. The predicted molar refractivity (Wildman–Crippen MR) is 49.7 cm³/mol. The average molecular weight is 195 g/mol. The molecular weight excluding hydrogens is 182 g/mol. The molecular formula is C9H13N3O2. The van der Waals surface area contributed by atoms with Crippen molar-refractivity contribution >= 4 is 5.91 Å². The number of carbonyl (C=O) groups excluding carboxylic acids is 1. The normalized spacial score (nSPS) is 21.6. The molecule has 1 aliphatic heterocycles. The van der Waals surface area contributed by atoms with Gasteiger partial charge in [0.15, 0.2) is 0 Å². The summed E-state index contributed by atoms with van der Waals surface area (Å²) in [5.74, 6) is 0.00245. The third-order valence-corrected chi connectivity index (χ3v) is 2.31. The summed E-state index contributed by atoms with van der Waals surface area (Å²) in [6.45, 7) is 3.08. The summed E-state index contributed by atoms with van der Waals surface area (Å²) >= 11 is 0. The lowest BCUT2D eigenvalue weighted by atomic mass is 10.3. The Morgan fingerprint density at radius 2 is 2.57 bits per heavy atom. The molecule has 1 aromatic heterocycles. The van der Waals surface area contributed by atoms with Crippen LogP contribution in [-0.4, -0.2) is 34.9 Å². The minimum atomic E-state index is -0.161. The number of aromatic nitrogens is 1. The minimum absolute atomic E-state index is 0.0926. The molecule has 2 rings (SSSR count). The Hall–Kier alpha value is -1.36. The topological polar surface area (TPSA) is 72.4 Å². The van der Waals surface area contributed by atoms with Crippen LogP contribution in [0.5, 0.6) is 0 Å². The molecule has 1 saturated heterocycles. The zero-order chi connectivity index (χ0) is 10.1.